The Morgan fingerprint density at radius 3 is 2.40 bits per heavy atom. The van der Waals surface area contributed by atoms with Gasteiger partial charge in [0.1, 0.15) is 5.82 Å². The van der Waals surface area contributed by atoms with Crippen LogP contribution in [0, 0.1) is 13.8 Å². The van der Waals surface area contributed by atoms with Crippen molar-refractivity contribution in [2.24, 2.45) is 0 Å². The number of piperazine rings is 1. The zero-order chi connectivity index (χ0) is 28.8. The highest BCUT2D eigenvalue weighted by Gasteiger charge is 2.44. The lowest BCUT2D eigenvalue weighted by Crippen LogP contribution is -2.68. The van der Waals surface area contributed by atoms with Gasteiger partial charge in [0.05, 0.1) is 11.4 Å². The molecule has 0 saturated carbocycles. The van der Waals surface area contributed by atoms with Gasteiger partial charge >= 0.3 is 0 Å². The fourth-order valence-corrected chi connectivity index (χ4v) is 6.23. The molecule has 10 nitrogen and oxygen atoms in total. The molecule has 0 amide bonds. The molecule has 42 heavy (non-hydrogen) atoms. The molecule has 3 aliphatic rings. The largest absolute Gasteiger partial charge is 0.353 e. The maximum atomic E-state index is 4.83. The highest BCUT2D eigenvalue weighted by molar-refractivity contribution is 5.57. The van der Waals surface area contributed by atoms with E-state index >= 15 is 0 Å². The molecule has 8 heterocycles. The van der Waals surface area contributed by atoms with E-state index in [4.69, 9.17) is 15.0 Å². The molecule has 3 fully saturated rings. The maximum absolute atomic E-state index is 4.83. The molecule has 0 spiro atoms. The summed E-state index contributed by atoms with van der Waals surface area (Å²) in [6, 6.07) is 15.7. The van der Waals surface area contributed by atoms with Crippen LogP contribution in [0.2, 0.25) is 0 Å². The van der Waals surface area contributed by atoms with Gasteiger partial charge in [0.25, 0.3) is 0 Å². The fourth-order valence-electron chi connectivity index (χ4n) is 6.23. The van der Waals surface area contributed by atoms with Gasteiger partial charge in [0, 0.05) is 79.4 Å². The summed E-state index contributed by atoms with van der Waals surface area (Å²) in [7, 11) is 0. The SMILES string of the molecule is Cc1cc(Cc2cc(C)[nH]n2)nc(-c2ccc(N3CC4CC(C3)N4Cc3ccc(-n4nccc4C(C)C)nc3)nc2)n1. The molecule has 8 rings (SSSR count). The van der Waals surface area contributed by atoms with Crippen LogP contribution in [-0.2, 0) is 13.0 Å². The van der Waals surface area contributed by atoms with Gasteiger partial charge in [-0.3, -0.25) is 10.00 Å². The Labute approximate surface area is 245 Å². The van der Waals surface area contributed by atoms with Crippen LogP contribution in [0.1, 0.15) is 60.2 Å². The minimum absolute atomic E-state index is 0.397. The molecule has 0 radical (unpaired) electrons. The van der Waals surface area contributed by atoms with Gasteiger partial charge in [-0.15, -0.1) is 0 Å². The number of fused-ring (bicyclic) bond motifs is 2. The predicted octanol–water partition coefficient (Wildman–Crippen LogP) is 4.64. The summed E-state index contributed by atoms with van der Waals surface area (Å²) in [5, 5.41) is 11.8. The zero-order valence-corrected chi connectivity index (χ0v) is 24.6. The Bertz CT molecular complexity index is 1670. The molecular formula is C32H36N10. The number of anilines is 1. The van der Waals surface area contributed by atoms with Crippen molar-refractivity contribution < 1.29 is 0 Å². The second-order valence-corrected chi connectivity index (χ2v) is 11.9. The molecule has 214 valence electrons. The first-order valence-corrected chi connectivity index (χ1v) is 14.7. The summed E-state index contributed by atoms with van der Waals surface area (Å²) in [6.07, 6.45) is 7.66. The number of pyridine rings is 2. The number of aryl methyl sites for hydroxylation is 2. The molecule has 0 aromatic carbocycles. The van der Waals surface area contributed by atoms with E-state index in [2.05, 4.69) is 80.3 Å². The lowest BCUT2D eigenvalue weighted by Gasteiger charge is -2.56. The molecule has 0 aliphatic carbocycles. The number of rotatable bonds is 8. The van der Waals surface area contributed by atoms with Crippen molar-refractivity contribution in [1.29, 1.82) is 0 Å². The van der Waals surface area contributed by atoms with Crippen LogP contribution in [0.3, 0.4) is 0 Å². The van der Waals surface area contributed by atoms with Crippen LogP contribution in [0.4, 0.5) is 5.82 Å². The van der Waals surface area contributed by atoms with Gasteiger partial charge in [-0.1, -0.05) is 19.9 Å². The lowest BCUT2D eigenvalue weighted by atomic mass is 9.87. The minimum Gasteiger partial charge on any atom is -0.353 e. The first-order valence-electron chi connectivity index (χ1n) is 14.7. The number of H-pyrrole nitrogens is 1. The normalized spacial score (nSPS) is 18.5. The Balaban J connectivity index is 0.986. The molecule has 5 aromatic heterocycles. The van der Waals surface area contributed by atoms with Gasteiger partial charge in [-0.2, -0.15) is 10.2 Å². The molecule has 2 bridgehead atoms. The average molecular weight is 561 g/mol. The van der Waals surface area contributed by atoms with E-state index in [0.29, 0.717) is 30.2 Å². The van der Waals surface area contributed by atoms with Crippen molar-refractivity contribution in [1.82, 2.24) is 44.8 Å². The Morgan fingerprint density at radius 2 is 1.71 bits per heavy atom. The summed E-state index contributed by atoms with van der Waals surface area (Å²) >= 11 is 0. The molecule has 2 unspecified atom stereocenters. The second kappa shape index (κ2) is 10.8. The quantitative estimate of drug-likeness (QED) is 0.293. The predicted molar refractivity (Wildman–Crippen MR) is 162 cm³/mol. The fraction of sp³-hybridized carbons (Fsp3) is 0.375. The van der Waals surface area contributed by atoms with Gasteiger partial charge in [-0.25, -0.2) is 24.6 Å². The van der Waals surface area contributed by atoms with E-state index in [1.807, 2.05) is 43.2 Å². The van der Waals surface area contributed by atoms with Crippen LogP contribution >= 0.6 is 0 Å². The van der Waals surface area contributed by atoms with Crippen molar-refractivity contribution in [3.8, 4) is 17.2 Å². The summed E-state index contributed by atoms with van der Waals surface area (Å²) in [6.45, 7) is 11.2. The summed E-state index contributed by atoms with van der Waals surface area (Å²) in [5.41, 5.74) is 7.26. The standard InChI is InChI=1S/C32H36N10/c1-20(2)29-9-10-35-42(29)31-7-5-23(15-33-31)17-41-27-14-28(41)19-40(18-27)30-8-6-24(16-34-30)32-36-21(3)11-25(37-32)13-26-12-22(4)38-39-26/h5-12,15-16,20,27-28H,13-14,17-19H2,1-4H3,(H,38,39). The second-order valence-electron chi connectivity index (χ2n) is 11.9. The van der Waals surface area contributed by atoms with Crippen molar-refractivity contribution in [2.45, 2.75) is 65.1 Å². The van der Waals surface area contributed by atoms with Crippen LogP contribution in [0.5, 0.6) is 0 Å². The number of nitrogens with one attached hydrogen (secondary N) is 1. The Morgan fingerprint density at radius 1 is 0.905 bits per heavy atom. The van der Waals surface area contributed by atoms with Crippen LogP contribution < -0.4 is 4.90 Å². The minimum atomic E-state index is 0.397. The molecule has 2 atom stereocenters. The third kappa shape index (κ3) is 5.18. The topological polar surface area (TPSA) is 105 Å². The number of piperidine rings is 1. The lowest BCUT2D eigenvalue weighted by molar-refractivity contribution is -0.00875. The summed E-state index contributed by atoms with van der Waals surface area (Å²) in [4.78, 5) is 24.1. The van der Waals surface area contributed by atoms with E-state index in [0.717, 1.165) is 59.6 Å². The third-order valence-electron chi connectivity index (χ3n) is 8.36. The number of nitrogens with zero attached hydrogens (tertiary/aromatic N) is 9. The number of aromatic nitrogens is 8. The van der Waals surface area contributed by atoms with E-state index < -0.39 is 0 Å². The van der Waals surface area contributed by atoms with Crippen LogP contribution in [0.15, 0.2) is 61.1 Å². The van der Waals surface area contributed by atoms with Crippen molar-refractivity contribution >= 4 is 5.82 Å². The first kappa shape index (κ1) is 26.5. The number of aromatic amines is 1. The van der Waals surface area contributed by atoms with E-state index in [9.17, 15) is 0 Å². The van der Waals surface area contributed by atoms with Gasteiger partial charge in [-0.05, 0) is 68.1 Å². The third-order valence-corrected chi connectivity index (χ3v) is 8.36. The van der Waals surface area contributed by atoms with Crippen molar-refractivity contribution in [2.75, 3.05) is 18.0 Å². The first-order chi connectivity index (χ1) is 20.4. The molecule has 1 N–H and O–H groups in total. The van der Waals surface area contributed by atoms with Crippen LogP contribution in [-0.4, -0.2) is 70.0 Å². The Hall–Kier alpha value is -4.44. The highest BCUT2D eigenvalue weighted by atomic mass is 15.4. The van der Waals surface area contributed by atoms with Crippen LogP contribution in [0.25, 0.3) is 17.2 Å². The molecule has 3 aliphatic heterocycles. The zero-order valence-electron chi connectivity index (χ0n) is 24.6. The molecular weight excluding hydrogens is 524 g/mol. The number of hydrogen-bond acceptors (Lipinski definition) is 8. The summed E-state index contributed by atoms with van der Waals surface area (Å²) in [5.74, 6) is 2.99. The van der Waals surface area contributed by atoms with Gasteiger partial charge in [0.15, 0.2) is 11.6 Å². The van der Waals surface area contributed by atoms with Crippen molar-refractivity contribution in [3.63, 3.8) is 0 Å². The average Bonchev–Trinajstić information content (AvgIpc) is 3.65. The maximum Gasteiger partial charge on any atom is 0.161 e. The molecule has 5 aromatic rings. The van der Waals surface area contributed by atoms with Gasteiger partial charge in [0.2, 0.25) is 0 Å². The molecule has 3 saturated heterocycles. The van der Waals surface area contributed by atoms with E-state index in [-0.39, 0.29) is 0 Å². The summed E-state index contributed by atoms with van der Waals surface area (Å²) < 4.78 is 1.94. The highest BCUT2D eigenvalue weighted by Crippen LogP contribution is 2.35. The van der Waals surface area contributed by atoms with Crippen molar-refractivity contribution in [3.05, 3.63) is 95.1 Å². The van der Waals surface area contributed by atoms with E-state index in [1.54, 1.807) is 0 Å². The van der Waals surface area contributed by atoms with E-state index in [1.165, 1.54) is 17.7 Å². The Kier molecular flexibility index (Phi) is 6.78. The number of hydrogen-bond donors (Lipinski definition) is 1. The smallest absolute Gasteiger partial charge is 0.161 e. The van der Waals surface area contributed by atoms with Gasteiger partial charge < -0.3 is 4.90 Å². The molecule has 10 heteroatoms. The monoisotopic (exact) mass is 560 g/mol.